The summed E-state index contributed by atoms with van der Waals surface area (Å²) >= 11 is 1.73. The van der Waals surface area contributed by atoms with E-state index >= 15 is 0 Å². The molecule has 4 heteroatoms. The first-order chi connectivity index (χ1) is 10.2. The summed E-state index contributed by atoms with van der Waals surface area (Å²) in [5.41, 5.74) is 0.842. The average molecular weight is 304 g/mol. The van der Waals surface area contributed by atoms with E-state index in [9.17, 15) is 4.79 Å². The molecule has 1 aliphatic carbocycles. The minimum absolute atomic E-state index is 0.162. The molecule has 2 atom stereocenters. The van der Waals surface area contributed by atoms with Crippen molar-refractivity contribution >= 4 is 23.4 Å². The number of fused-ring (bicyclic) bond motifs is 1. The standard InChI is InChI=1S/C17H24N2OS/c1-19(14-6-8-15(21-2)9-7-14)16(20)17-10-4-3-5-13(17)11-18-12-17/h6-9,13,18H,3-5,10-12H2,1-2H3/t13-,17+/m0/s1. The zero-order valence-electron chi connectivity index (χ0n) is 12.9. The number of anilines is 1. The lowest BCUT2D eigenvalue weighted by Gasteiger charge is -2.39. The number of hydrogen-bond acceptors (Lipinski definition) is 3. The molecule has 0 spiro atoms. The molecule has 1 heterocycles. The number of hydrogen-bond donors (Lipinski definition) is 1. The molecule has 114 valence electrons. The van der Waals surface area contributed by atoms with Crippen molar-refractivity contribution < 1.29 is 4.79 Å². The Labute approximate surface area is 131 Å². The highest BCUT2D eigenvalue weighted by molar-refractivity contribution is 7.98. The maximum atomic E-state index is 13.1. The Morgan fingerprint density at radius 3 is 2.81 bits per heavy atom. The Balaban J connectivity index is 1.82. The highest BCUT2D eigenvalue weighted by atomic mass is 32.2. The Morgan fingerprint density at radius 1 is 1.33 bits per heavy atom. The van der Waals surface area contributed by atoms with E-state index in [2.05, 4.69) is 35.8 Å². The third kappa shape index (κ3) is 2.59. The molecule has 2 fully saturated rings. The van der Waals surface area contributed by atoms with Gasteiger partial charge in [0.1, 0.15) is 0 Å². The molecule has 2 aliphatic rings. The van der Waals surface area contributed by atoms with Crippen LogP contribution in [0.2, 0.25) is 0 Å². The number of nitrogens with one attached hydrogen (secondary N) is 1. The summed E-state index contributed by atoms with van der Waals surface area (Å²) in [6.07, 6.45) is 6.76. The van der Waals surface area contributed by atoms with E-state index in [-0.39, 0.29) is 5.41 Å². The quantitative estimate of drug-likeness (QED) is 0.871. The van der Waals surface area contributed by atoms with Crippen molar-refractivity contribution in [3.05, 3.63) is 24.3 Å². The molecule has 1 aromatic carbocycles. The third-order valence-electron chi connectivity index (χ3n) is 5.23. The number of nitrogens with zero attached hydrogens (tertiary/aromatic N) is 1. The van der Waals surface area contributed by atoms with Gasteiger partial charge in [0, 0.05) is 24.2 Å². The number of rotatable bonds is 3. The van der Waals surface area contributed by atoms with E-state index in [0.29, 0.717) is 11.8 Å². The van der Waals surface area contributed by atoms with Gasteiger partial charge in [-0.2, -0.15) is 0 Å². The zero-order valence-corrected chi connectivity index (χ0v) is 13.7. The Morgan fingerprint density at radius 2 is 2.10 bits per heavy atom. The van der Waals surface area contributed by atoms with Gasteiger partial charge >= 0.3 is 0 Å². The fourth-order valence-electron chi connectivity index (χ4n) is 3.93. The predicted octanol–water partition coefficient (Wildman–Crippen LogP) is 3.15. The van der Waals surface area contributed by atoms with E-state index < -0.39 is 0 Å². The van der Waals surface area contributed by atoms with Gasteiger partial charge in [-0.15, -0.1) is 11.8 Å². The number of thioether (sulfide) groups is 1. The smallest absolute Gasteiger partial charge is 0.234 e. The lowest BCUT2D eigenvalue weighted by atomic mass is 9.67. The normalized spacial score (nSPS) is 28.2. The van der Waals surface area contributed by atoms with Gasteiger partial charge in [0.2, 0.25) is 5.91 Å². The molecule has 0 bridgehead atoms. The second-order valence-corrected chi connectivity index (χ2v) is 7.17. The summed E-state index contributed by atoms with van der Waals surface area (Å²) < 4.78 is 0. The molecule has 0 radical (unpaired) electrons. The monoisotopic (exact) mass is 304 g/mol. The Hall–Kier alpha value is -1.00. The highest BCUT2D eigenvalue weighted by Crippen LogP contribution is 2.45. The van der Waals surface area contributed by atoms with Gasteiger partial charge in [0.15, 0.2) is 0 Å². The Kier molecular flexibility index (Phi) is 4.27. The predicted molar refractivity (Wildman–Crippen MR) is 88.9 cm³/mol. The van der Waals surface area contributed by atoms with Crippen LogP contribution in [0.5, 0.6) is 0 Å². The van der Waals surface area contributed by atoms with Crippen molar-refractivity contribution in [3.63, 3.8) is 0 Å². The minimum Gasteiger partial charge on any atom is -0.315 e. The third-order valence-corrected chi connectivity index (χ3v) is 5.97. The molecule has 1 saturated heterocycles. The van der Waals surface area contributed by atoms with Crippen LogP contribution in [0.15, 0.2) is 29.2 Å². The van der Waals surface area contributed by atoms with Crippen LogP contribution in [-0.2, 0) is 4.79 Å². The molecular weight excluding hydrogens is 280 g/mol. The van der Waals surface area contributed by atoms with Crippen molar-refractivity contribution in [1.82, 2.24) is 5.32 Å². The van der Waals surface area contributed by atoms with Crippen LogP contribution in [0.1, 0.15) is 25.7 Å². The van der Waals surface area contributed by atoms with E-state index in [1.807, 2.05) is 11.9 Å². The van der Waals surface area contributed by atoms with Crippen molar-refractivity contribution in [2.45, 2.75) is 30.6 Å². The minimum atomic E-state index is -0.162. The van der Waals surface area contributed by atoms with Crippen molar-refractivity contribution in [3.8, 4) is 0 Å². The molecular formula is C17H24N2OS. The van der Waals surface area contributed by atoms with Gasteiger partial charge in [-0.3, -0.25) is 4.79 Å². The van der Waals surface area contributed by atoms with E-state index in [0.717, 1.165) is 25.2 Å². The second-order valence-electron chi connectivity index (χ2n) is 6.29. The Bertz CT molecular complexity index is 516. The first-order valence-electron chi connectivity index (χ1n) is 7.80. The zero-order chi connectivity index (χ0) is 14.9. The molecule has 1 saturated carbocycles. The maximum Gasteiger partial charge on any atom is 0.234 e. The molecule has 0 unspecified atom stereocenters. The first kappa shape index (κ1) is 14.9. The highest BCUT2D eigenvalue weighted by Gasteiger charge is 2.51. The lowest BCUT2D eigenvalue weighted by Crippen LogP contribution is -2.48. The second kappa shape index (κ2) is 6.01. The summed E-state index contributed by atoms with van der Waals surface area (Å²) in [5, 5.41) is 3.46. The summed E-state index contributed by atoms with van der Waals surface area (Å²) in [4.78, 5) is 16.2. The van der Waals surface area contributed by atoms with Crippen LogP contribution < -0.4 is 10.2 Å². The largest absolute Gasteiger partial charge is 0.315 e. The van der Waals surface area contributed by atoms with E-state index in [4.69, 9.17) is 0 Å². The number of carbonyl (C=O) groups excluding carboxylic acids is 1. The number of carbonyl (C=O) groups is 1. The fourth-order valence-corrected chi connectivity index (χ4v) is 4.33. The van der Waals surface area contributed by atoms with Crippen LogP contribution in [0.3, 0.4) is 0 Å². The van der Waals surface area contributed by atoms with Crippen LogP contribution in [0.4, 0.5) is 5.69 Å². The first-order valence-corrected chi connectivity index (χ1v) is 9.03. The van der Waals surface area contributed by atoms with Gasteiger partial charge in [0.25, 0.3) is 0 Å². The summed E-state index contributed by atoms with van der Waals surface area (Å²) in [5.74, 6) is 0.820. The summed E-state index contributed by atoms with van der Waals surface area (Å²) in [7, 11) is 1.93. The van der Waals surface area contributed by atoms with E-state index in [1.54, 1.807) is 11.8 Å². The van der Waals surface area contributed by atoms with Gasteiger partial charge in [-0.1, -0.05) is 12.8 Å². The lowest BCUT2D eigenvalue weighted by molar-refractivity contribution is -0.130. The van der Waals surface area contributed by atoms with Gasteiger partial charge in [0.05, 0.1) is 5.41 Å². The van der Waals surface area contributed by atoms with Crippen molar-refractivity contribution in [2.75, 3.05) is 31.3 Å². The molecule has 1 aromatic rings. The van der Waals surface area contributed by atoms with Crippen molar-refractivity contribution in [2.24, 2.45) is 11.3 Å². The molecule has 3 rings (SSSR count). The summed E-state index contributed by atoms with van der Waals surface area (Å²) in [6.45, 7) is 1.86. The molecule has 0 aromatic heterocycles. The van der Waals surface area contributed by atoms with Gasteiger partial charge in [-0.25, -0.2) is 0 Å². The number of benzene rings is 1. The maximum absolute atomic E-state index is 13.1. The molecule has 21 heavy (non-hydrogen) atoms. The van der Waals surface area contributed by atoms with Crippen molar-refractivity contribution in [1.29, 1.82) is 0 Å². The van der Waals surface area contributed by atoms with Gasteiger partial charge in [-0.05, 0) is 55.8 Å². The molecule has 1 aliphatic heterocycles. The van der Waals surface area contributed by atoms with E-state index in [1.165, 1.54) is 24.2 Å². The fraction of sp³-hybridized carbons (Fsp3) is 0.588. The van der Waals surface area contributed by atoms with Gasteiger partial charge < -0.3 is 10.2 Å². The van der Waals surface area contributed by atoms with Crippen LogP contribution >= 0.6 is 11.8 Å². The molecule has 3 nitrogen and oxygen atoms in total. The molecule has 1 amide bonds. The van der Waals surface area contributed by atoms with Crippen LogP contribution in [-0.4, -0.2) is 32.3 Å². The molecule has 1 N–H and O–H groups in total. The topological polar surface area (TPSA) is 32.3 Å². The van der Waals surface area contributed by atoms with Crippen LogP contribution in [0.25, 0.3) is 0 Å². The average Bonchev–Trinajstić information content (AvgIpc) is 2.98. The van der Waals surface area contributed by atoms with Crippen LogP contribution in [0, 0.1) is 11.3 Å². The number of amides is 1. The SMILES string of the molecule is CSc1ccc(N(C)C(=O)[C@@]23CCCC[C@H]2CNC3)cc1. The summed E-state index contributed by atoms with van der Waals surface area (Å²) in [6, 6.07) is 8.29.